The molecular weight excluding hydrogens is 200 g/mol. The summed E-state index contributed by atoms with van der Waals surface area (Å²) in [6.07, 6.45) is 0. The lowest BCUT2D eigenvalue weighted by atomic mass is 9.91. The van der Waals surface area contributed by atoms with Crippen LogP contribution >= 0.6 is 0 Å². The summed E-state index contributed by atoms with van der Waals surface area (Å²) in [6.45, 7) is 0.706. The van der Waals surface area contributed by atoms with Crippen LogP contribution in [0, 0.1) is 6.92 Å². The normalized spacial score (nSPS) is 16.5. The average Bonchev–Trinajstić information content (AvgIpc) is 2.07. The highest BCUT2D eigenvalue weighted by Crippen LogP contribution is 2.32. The standard InChI is InChI=1S/C11H13F2NO/c1-7-3-2-4-9(8-5-14-6-8)10(7)15-11(12)13/h2-4,8,11,14H,5-6H2,1H3. The van der Waals surface area contributed by atoms with Crippen molar-refractivity contribution in [2.24, 2.45) is 0 Å². The maximum atomic E-state index is 12.2. The maximum Gasteiger partial charge on any atom is 0.387 e. The summed E-state index contributed by atoms with van der Waals surface area (Å²) in [5, 5.41) is 3.12. The van der Waals surface area contributed by atoms with Gasteiger partial charge in [-0.1, -0.05) is 18.2 Å². The summed E-state index contributed by atoms with van der Waals surface area (Å²) in [5.41, 5.74) is 1.65. The van der Waals surface area contributed by atoms with E-state index in [0.29, 0.717) is 11.7 Å². The number of hydrogen-bond donors (Lipinski definition) is 1. The van der Waals surface area contributed by atoms with E-state index >= 15 is 0 Å². The predicted octanol–water partition coefficient (Wildman–Crippen LogP) is 2.28. The highest BCUT2D eigenvalue weighted by molar-refractivity contribution is 5.44. The van der Waals surface area contributed by atoms with Crippen LogP contribution in [0.2, 0.25) is 0 Å². The Hall–Kier alpha value is -1.16. The van der Waals surface area contributed by atoms with Gasteiger partial charge in [0.25, 0.3) is 0 Å². The van der Waals surface area contributed by atoms with E-state index in [0.717, 1.165) is 24.2 Å². The van der Waals surface area contributed by atoms with Gasteiger partial charge in [-0.25, -0.2) is 0 Å². The van der Waals surface area contributed by atoms with Gasteiger partial charge in [0.2, 0.25) is 0 Å². The van der Waals surface area contributed by atoms with E-state index in [-0.39, 0.29) is 0 Å². The third-order valence-corrected chi connectivity index (χ3v) is 2.67. The van der Waals surface area contributed by atoms with Gasteiger partial charge in [0.15, 0.2) is 0 Å². The first-order valence-corrected chi connectivity index (χ1v) is 4.93. The Balaban J connectivity index is 2.30. The van der Waals surface area contributed by atoms with Gasteiger partial charge in [-0.3, -0.25) is 0 Å². The number of benzene rings is 1. The summed E-state index contributed by atoms with van der Waals surface area (Å²) in [6, 6.07) is 5.52. The van der Waals surface area contributed by atoms with Gasteiger partial charge in [0.1, 0.15) is 5.75 Å². The van der Waals surface area contributed by atoms with Crippen molar-refractivity contribution in [3.63, 3.8) is 0 Å². The molecule has 0 spiro atoms. The number of halogens is 2. The first kappa shape index (κ1) is 10.4. The average molecular weight is 213 g/mol. The molecule has 0 atom stereocenters. The smallest absolute Gasteiger partial charge is 0.387 e. The van der Waals surface area contributed by atoms with Crippen molar-refractivity contribution in [1.29, 1.82) is 0 Å². The molecule has 15 heavy (non-hydrogen) atoms. The lowest BCUT2D eigenvalue weighted by Crippen LogP contribution is -2.40. The highest BCUT2D eigenvalue weighted by atomic mass is 19.3. The van der Waals surface area contributed by atoms with E-state index in [2.05, 4.69) is 10.1 Å². The number of alkyl halides is 2. The second-order valence-electron chi connectivity index (χ2n) is 3.73. The Morgan fingerprint density at radius 1 is 1.40 bits per heavy atom. The van der Waals surface area contributed by atoms with Gasteiger partial charge in [0.05, 0.1) is 0 Å². The minimum absolute atomic E-state index is 0.304. The van der Waals surface area contributed by atoms with Gasteiger partial charge in [-0.15, -0.1) is 0 Å². The fourth-order valence-electron chi connectivity index (χ4n) is 1.76. The zero-order valence-corrected chi connectivity index (χ0v) is 8.47. The molecule has 2 rings (SSSR count). The molecular formula is C11H13F2NO. The zero-order chi connectivity index (χ0) is 10.8. The molecule has 0 saturated carbocycles. The van der Waals surface area contributed by atoms with Crippen molar-refractivity contribution in [2.45, 2.75) is 19.5 Å². The molecule has 1 saturated heterocycles. The van der Waals surface area contributed by atoms with Crippen molar-refractivity contribution in [3.8, 4) is 5.75 Å². The fourth-order valence-corrected chi connectivity index (χ4v) is 1.76. The molecule has 1 heterocycles. The number of para-hydroxylation sites is 1. The molecule has 0 aliphatic carbocycles. The van der Waals surface area contributed by atoms with Gasteiger partial charge in [-0.05, 0) is 12.5 Å². The SMILES string of the molecule is Cc1cccc(C2CNC2)c1OC(F)F. The van der Waals surface area contributed by atoms with Crippen LogP contribution in [-0.2, 0) is 0 Å². The van der Waals surface area contributed by atoms with Crippen LogP contribution in [-0.4, -0.2) is 19.7 Å². The van der Waals surface area contributed by atoms with Crippen LogP contribution in [0.3, 0.4) is 0 Å². The molecule has 1 aromatic carbocycles. The summed E-state index contributed by atoms with van der Waals surface area (Å²) in [5.74, 6) is 0.651. The second-order valence-corrected chi connectivity index (χ2v) is 3.73. The molecule has 1 N–H and O–H groups in total. The van der Waals surface area contributed by atoms with Crippen molar-refractivity contribution in [2.75, 3.05) is 13.1 Å². The number of hydrogen-bond acceptors (Lipinski definition) is 2. The Morgan fingerprint density at radius 3 is 2.67 bits per heavy atom. The molecule has 1 aromatic rings. The summed E-state index contributed by atoms with van der Waals surface area (Å²) in [4.78, 5) is 0. The van der Waals surface area contributed by atoms with Crippen LogP contribution in [0.4, 0.5) is 8.78 Å². The monoisotopic (exact) mass is 213 g/mol. The Kier molecular flexibility index (Phi) is 2.86. The molecule has 1 fully saturated rings. The third-order valence-electron chi connectivity index (χ3n) is 2.67. The highest BCUT2D eigenvalue weighted by Gasteiger charge is 2.24. The molecule has 0 unspecified atom stereocenters. The van der Waals surface area contributed by atoms with E-state index in [4.69, 9.17) is 0 Å². The molecule has 82 valence electrons. The minimum atomic E-state index is -2.75. The van der Waals surface area contributed by atoms with E-state index in [1.807, 2.05) is 12.1 Å². The molecule has 0 radical (unpaired) electrons. The fraction of sp³-hybridized carbons (Fsp3) is 0.455. The van der Waals surface area contributed by atoms with E-state index < -0.39 is 6.61 Å². The van der Waals surface area contributed by atoms with Gasteiger partial charge in [-0.2, -0.15) is 8.78 Å². The van der Waals surface area contributed by atoms with E-state index in [9.17, 15) is 8.78 Å². The minimum Gasteiger partial charge on any atom is -0.434 e. The number of rotatable bonds is 3. The van der Waals surface area contributed by atoms with Crippen molar-refractivity contribution < 1.29 is 13.5 Å². The van der Waals surface area contributed by atoms with Crippen LogP contribution in [0.1, 0.15) is 17.0 Å². The lowest BCUT2D eigenvalue weighted by Gasteiger charge is -2.29. The Bertz CT molecular complexity index is 350. The van der Waals surface area contributed by atoms with Gasteiger partial charge < -0.3 is 10.1 Å². The molecule has 4 heteroatoms. The lowest BCUT2D eigenvalue weighted by molar-refractivity contribution is -0.0512. The van der Waals surface area contributed by atoms with Crippen molar-refractivity contribution in [3.05, 3.63) is 29.3 Å². The first-order chi connectivity index (χ1) is 7.18. The first-order valence-electron chi connectivity index (χ1n) is 4.93. The zero-order valence-electron chi connectivity index (χ0n) is 8.47. The van der Waals surface area contributed by atoms with E-state index in [1.165, 1.54) is 0 Å². The van der Waals surface area contributed by atoms with Crippen LogP contribution in [0.25, 0.3) is 0 Å². The summed E-state index contributed by atoms with van der Waals surface area (Å²) < 4.78 is 29.0. The second kappa shape index (κ2) is 4.14. The quantitative estimate of drug-likeness (QED) is 0.831. The van der Waals surface area contributed by atoms with Crippen molar-refractivity contribution >= 4 is 0 Å². The molecule has 2 nitrogen and oxygen atoms in total. The van der Waals surface area contributed by atoms with Crippen LogP contribution in [0.5, 0.6) is 5.75 Å². The maximum absolute atomic E-state index is 12.2. The molecule has 0 bridgehead atoms. The Labute approximate surface area is 87.2 Å². The molecule has 1 aliphatic rings. The molecule has 0 amide bonds. The van der Waals surface area contributed by atoms with Gasteiger partial charge in [0, 0.05) is 24.6 Å². The third kappa shape index (κ3) is 2.09. The molecule has 0 aromatic heterocycles. The predicted molar refractivity (Wildman–Crippen MR) is 53.4 cm³/mol. The summed E-state index contributed by atoms with van der Waals surface area (Å²) >= 11 is 0. The largest absolute Gasteiger partial charge is 0.434 e. The van der Waals surface area contributed by atoms with E-state index in [1.54, 1.807) is 13.0 Å². The molecule has 1 aliphatic heterocycles. The van der Waals surface area contributed by atoms with Crippen LogP contribution in [0.15, 0.2) is 18.2 Å². The van der Waals surface area contributed by atoms with Crippen molar-refractivity contribution in [1.82, 2.24) is 5.32 Å². The topological polar surface area (TPSA) is 21.3 Å². The summed E-state index contributed by atoms with van der Waals surface area (Å²) in [7, 11) is 0. The number of ether oxygens (including phenoxy) is 1. The number of aryl methyl sites for hydroxylation is 1. The van der Waals surface area contributed by atoms with Gasteiger partial charge >= 0.3 is 6.61 Å². The number of nitrogens with one attached hydrogen (secondary N) is 1. The Morgan fingerprint density at radius 2 is 2.13 bits per heavy atom. The van der Waals surface area contributed by atoms with Crippen LogP contribution < -0.4 is 10.1 Å².